The molecule has 0 radical (unpaired) electrons. The molecule has 1 unspecified atom stereocenters. The number of hydrogen-bond donors (Lipinski definition) is 1. The summed E-state index contributed by atoms with van der Waals surface area (Å²) >= 11 is 5.67. The van der Waals surface area contributed by atoms with E-state index in [1.54, 1.807) is 0 Å². The van der Waals surface area contributed by atoms with Crippen LogP contribution < -0.4 is 5.32 Å². The molecule has 0 aliphatic rings. The lowest BCUT2D eigenvalue weighted by Crippen LogP contribution is -2.27. The molecule has 0 aliphatic heterocycles. The molecule has 0 aromatic carbocycles. The number of aromatic nitrogens is 2. The van der Waals surface area contributed by atoms with Gasteiger partial charge in [0.1, 0.15) is 5.82 Å². The normalized spacial score (nSPS) is 13.7. The van der Waals surface area contributed by atoms with E-state index in [-0.39, 0.29) is 6.04 Å². The average molecular weight is 282 g/mol. The van der Waals surface area contributed by atoms with Gasteiger partial charge in [0.25, 0.3) is 0 Å². The fourth-order valence-electron chi connectivity index (χ4n) is 1.44. The monoisotopic (exact) mass is 281 g/mol. The third-order valence-corrected chi connectivity index (χ3v) is 2.73. The number of alkyl halides is 4. The van der Waals surface area contributed by atoms with Crippen LogP contribution in [0.4, 0.5) is 19.0 Å². The van der Waals surface area contributed by atoms with E-state index in [1.807, 2.05) is 13.8 Å². The van der Waals surface area contributed by atoms with Gasteiger partial charge in [0.15, 0.2) is 5.69 Å². The van der Waals surface area contributed by atoms with Gasteiger partial charge in [0.05, 0.1) is 0 Å². The van der Waals surface area contributed by atoms with E-state index in [9.17, 15) is 13.2 Å². The zero-order valence-electron chi connectivity index (χ0n) is 10.1. The van der Waals surface area contributed by atoms with Crippen LogP contribution in [0.2, 0.25) is 0 Å². The Labute approximate surface area is 109 Å². The number of halogens is 4. The zero-order valence-corrected chi connectivity index (χ0v) is 10.9. The Morgan fingerprint density at radius 3 is 2.33 bits per heavy atom. The summed E-state index contributed by atoms with van der Waals surface area (Å²) in [5.74, 6) is 1.10. The summed E-state index contributed by atoms with van der Waals surface area (Å²) in [6.45, 7) is 4.00. The molecule has 1 atom stereocenters. The van der Waals surface area contributed by atoms with Crippen molar-refractivity contribution in [3.63, 3.8) is 0 Å². The van der Waals surface area contributed by atoms with Crippen molar-refractivity contribution in [3.05, 3.63) is 17.8 Å². The van der Waals surface area contributed by atoms with Crippen molar-refractivity contribution in [3.8, 4) is 0 Å². The Morgan fingerprint density at radius 1 is 1.28 bits per heavy atom. The summed E-state index contributed by atoms with van der Waals surface area (Å²) in [4.78, 5) is 0. The fourth-order valence-corrected chi connectivity index (χ4v) is 1.68. The van der Waals surface area contributed by atoms with Crippen LogP contribution in [0.5, 0.6) is 0 Å². The molecule has 3 nitrogen and oxygen atoms in total. The average Bonchev–Trinajstić information content (AvgIpc) is 2.28. The molecule has 0 fully saturated rings. The molecule has 1 N–H and O–H groups in total. The Bertz CT molecular complexity index is 365. The fraction of sp³-hybridized carbons (Fsp3) is 0.636. The predicted octanol–water partition coefficient (Wildman–Crippen LogP) is 3.56. The van der Waals surface area contributed by atoms with Crippen molar-refractivity contribution in [2.45, 2.75) is 32.5 Å². The second kappa shape index (κ2) is 6.22. The lowest BCUT2D eigenvalue weighted by atomic mass is 10.0. The molecule has 1 aromatic rings. The first-order chi connectivity index (χ1) is 8.34. The van der Waals surface area contributed by atoms with Gasteiger partial charge < -0.3 is 5.32 Å². The van der Waals surface area contributed by atoms with Crippen molar-refractivity contribution in [1.29, 1.82) is 0 Å². The predicted molar refractivity (Wildman–Crippen MR) is 64.6 cm³/mol. The summed E-state index contributed by atoms with van der Waals surface area (Å²) in [6, 6.07) is 2.25. The number of hydrogen-bond acceptors (Lipinski definition) is 3. The van der Waals surface area contributed by atoms with Crippen LogP contribution >= 0.6 is 11.6 Å². The van der Waals surface area contributed by atoms with Gasteiger partial charge >= 0.3 is 6.18 Å². The van der Waals surface area contributed by atoms with Crippen molar-refractivity contribution < 1.29 is 13.2 Å². The number of anilines is 1. The Kier molecular flexibility index (Phi) is 5.19. The van der Waals surface area contributed by atoms with Crippen LogP contribution in [0, 0.1) is 5.92 Å². The number of nitrogens with one attached hydrogen (secondary N) is 1. The molecule has 0 aliphatic carbocycles. The van der Waals surface area contributed by atoms with Gasteiger partial charge in [-0.25, -0.2) is 0 Å². The molecule has 1 rings (SSSR count). The molecule has 102 valence electrons. The van der Waals surface area contributed by atoms with E-state index in [0.29, 0.717) is 24.0 Å². The SMILES string of the molecule is CC(C)C(CCCl)Nc1ccc(C(F)(F)F)nn1. The molecule has 0 saturated heterocycles. The maximum atomic E-state index is 12.3. The van der Waals surface area contributed by atoms with Crippen LogP contribution in [0.3, 0.4) is 0 Å². The molecule has 1 heterocycles. The van der Waals surface area contributed by atoms with Gasteiger partial charge in [-0.05, 0) is 24.5 Å². The van der Waals surface area contributed by atoms with Crippen LogP contribution in [0.25, 0.3) is 0 Å². The highest BCUT2D eigenvalue weighted by molar-refractivity contribution is 6.17. The van der Waals surface area contributed by atoms with Crippen LogP contribution in [0.15, 0.2) is 12.1 Å². The molecular weight excluding hydrogens is 267 g/mol. The van der Waals surface area contributed by atoms with Crippen molar-refractivity contribution >= 4 is 17.4 Å². The third-order valence-electron chi connectivity index (χ3n) is 2.51. The second-order valence-corrected chi connectivity index (χ2v) is 4.65. The van der Waals surface area contributed by atoms with Crippen LogP contribution in [-0.4, -0.2) is 22.1 Å². The quantitative estimate of drug-likeness (QED) is 0.839. The van der Waals surface area contributed by atoms with Gasteiger partial charge in [-0.1, -0.05) is 13.8 Å². The lowest BCUT2D eigenvalue weighted by molar-refractivity contribution is -0.141. The first-order valence-electron chi connectivity index (χ1n) is 5.58. The van der Waals surface area contributed by atoms with E-state index >= 15 is 0 Å². The van der Waals surface area contributed by atoms with E-state index in [1.165, 1.54) is 6.07 Å². The second-order valence-electron chi connectivity index (χ2n) is 4.27. The Hall–Kier alpha value is -1.04. The van der Waals surface area contributed by atoms with Crippen molar-refractivity contribution in [2.24, 2.45) is 5.92 Å². The minimum Gasteiger partial charge on any atom is -0.366 e. The number of nitrogens with zero attached hydrogens (tertiary/aromatic N) is 2. The summed E-state index contributed by atoms with van der Waals surface area (Å²) in [5.41, 5.74) is -0.994. The topological polar surface area (TPSA) is 37.8 Å². The minimum absolute atomic E-state index is 0.0635. The standard InChI is InChI=1S/C11H15ClF3N3/c1-7(2)8(5-6-12)16-10-4-3-9(17-18-10)11(13,14)15/h3-4,7-8H,5-6H2,1-2H3,(H,16,18). The molecule has 0 bridgehead atoms. The highest BCUT2D eigenvalue weighted by Gasteiger charge is 2.32. The van der Waals surface area contributed by atoms with Crippen molar-refractivity contribution in [2.75, 3.05) is 11.2 Å². The molecular formula is C11H15ClF3N3. The molecule has 7 heteroatoms. The molecule has 1 aromatic heterocycles. The maximum absolute atomic E-state index is 12.3. The van der Waals surface area contributed by atoms with Gasteiger partial charge in [-0.15, -0.1) is 21.8 Å². The van der Waals surface area contributed by atoms with E-state index in [4.69, 9.17) is 11.6 Å². The summed E-state index contributed by atoms with van der Waals surface area (Å²) in [5, 5.41) is 9.71. The minimum atomic E-state index is -4.46. The highest BCUT2D eigenvalue weighted by Crippen LogP contribution is 2.27. The van der Waals surface area contributed by atoms with Gasteiger partial charge in [0.2, 0.25) is 0 Å². The van der Waals surface area contributed by atoms with Gasteiger partial charge in [0, 0.05) is 11.9 Å². The summed E-state index contributed by atoms with van der Waals surface area (Å²) in [6.07, 6.45) is -3.75. The highest BCUT2D eigenvalue weighted by atomic mass is 35.5. The summed E-state index contributed by atoms with van der Waals surface area (Å²) in [7, 11) is 0. The Morgan fingerprint density at radius 2 is 1.94 bits per heavy atom. The summed E-state index contributed by atoms with van der Waals surface area (Å²) < 4.78 is 36.9. The van der Waals surface area contributed by atoms with Gasteiger partial charge in [-0.2, -0.15) is 13.2 Å². The lowest BCUT2D eigenvalue weighted by Gasteiger charge is -2.21. The van der Waals surface area contributed by atoms with Gasteiger partial charge in [-0.3, -0.25) is 0 Å². The zero-order chi connectivity index (χ0) is 13.8. The molecule has 0 spiro atoms. The van der Waals surface area contributed by atoms with E-state index in [2.05, 4.69) is 15.5 Å². The molecule has 0 saturated carbocycles. The van der Waals surface area contributed by atoms with Crippen LogP contribution in [-0.2, 0) is 6.18 Å². The van der Waals surface area contributed by atoms with E-state index in [0.717, 1.165) is 6.07 Å². The molecule has 18 heavy (non-hydrogen) atoms. The van der Waals surface area contributed by atoms with Crippen molar-refractivity contribution in [1.82, 2.24) is 10.2 Å². The largest absolute Gasteiger partial charge is 0.435 e. The van der Waals surface area contributed by atoms with Crippen LogP contribution in [0.1, 0.15) is 26.0 Å². The molecule has 0 amide bonds. The van der Waals surface area contributed by atoms with E-state index < -0.39 is 11.9 Å². The first-order valence-corrected chi connectivity index (χ1v) is 6.11. The maximum Gasteiger partial charge on any atom is 0.435 e. The first kappa shape index (κ1) is 15.0. The Balaban J connectivity index is 2.73. The third kappa shape index (κ3) is 4.33. The smallest absolute Gasteiger partial charge is 0.366 e. The number of rotatable bonds is 5.